The van der Waals surface area contributed by atoms with Gasteiger partial charge in [0.2, 0.25) is 11.8 Å². The first-order chi connectivity index (χ1) is 12.0. The number of anilines is 1. The summed E-state index contributed by atoms with van der Waals surface area (Å²) < 4.78 is 0. The van der Waals surface area contributed by atoms with Crippen molar-refractivity contribution < 1.29 is 9.59 Å². The van der Waals surface area contributed by atoms with Crippen LogP contribution in [0.1, 0.15) is 32.1 Å². The fourth-order valence-electron chi connectivity index (χ4n) is 4.01. The van der Waals surface area contributed by atoms with Gasteiger partial charge in [0.05, 0.1) is 0 Å². The minimum absolute atomic E-state index is 0.0426. The summed E-state index contributed by atoms with van der Waals surface area (Å²) in [5, 5.41) is 3.75. The predicted octanol–water partition coefficient (Wildman–Crippen LogP) is 3.30. The minimum Gasteiger partial charge on any atom is -0.330 e. The molecule has 2 aliphatic rings. The van der Waals surface area contributed by atoms with Gasteiger partial charge in [-0.1, -0.05) is 29.6 Å². The monoisotopic (exact) mass is 383 g/mol. The molecular formula is C18H23Cl2N3O2. The lowest BCUT2D eigenvalue weighted by Gasteiger charge is -2.28. The maximum atomic E-state index is 12.9. The van der Waals surface area contributed by atoms with Crippen LogP contribution in [0.2, 0.25) is 10.0 Å². The topological polar surface area (TPSA) is 75.4 Å². The summed E-state index contributed by atoms with van der Waals surface area (Å²) in [6, 6.07) is 4.46. The maximum Gasteiger partial charge on any atom is 0.247 e. The van der Waals surface area contributed by atoms with Crippen LogP contribution in [0, 0.1) is 11.8 Å². The zero-order valence-electron chi connectivity index (χ0n) is 14.0. The molecule has 1 saturated heterocycles. The van der Waals surface area contributed by atoms with Crippen LogP contribution in [-0.2, 0) is 9.59 Å². The van der Waals surface area contributed by atoms with Crippen molar-refractivity contribution in [1.29, 1.82) is 0 Å². The van der Waals surface area contributed by atoms with E-state index in [2.05, 4.69) is 5.32 Å². The normalized spacial score (nSPS) is 26.0. The van der Waals surface area contributed by atoms with E-state index in [1.54, 1.807) is 23.1 Å². The first-order valence-electron chi connectivity index (χ1n) is 8.77. The van der Waals surface area contributed by atoms with Crippen molar-refractivity contribution in [2.45, 2.75) is 38.1 Å². The predicted molar refractivity (Wildman–Crippen MR) is 99.7 cm³/mol. The van der Waals surface area contributed by atoms with Gasteiger partial charge >= 0.3 is 0 Å². The Bertz CT molecular complexity index is 647. The molecule has 3 rings (SSSR count). The first-order valence-corrected chi connectivity index (χ1v) is 9.52. The van der Waals surface area contributed by atoms with Crippen LogP contribution in [0.25, 0.3) is 0 Å². The fourth-order valence-corrected chi connectivity index (χ4v) is 4.54. The van der Waals surface area contributed by atoms with Gasteiger partial charge in [-0.15, -0.1) is 0 Å². The molecule has 0 radical (unpaired) electrons. The highest BCUT2D eigenvalue weighted by molar-refractivity contribution is 6.35. The van der Waals surface area contributed by atoms with Gasteiger partial charge in [0.1, 0.15) is 6.04 Å². The van der Waals surface area contributed by atoms with Crippen molar-refractivity contribution in [2.24, 2.45) is 17.6 Å². The van der Waals surface area contributed by atoms with Crippen LogP contribution in [0.3, 0.4) is 0 Å². The second kappa shape index (κ2) is 7.94. The Morgan fingerprint density at radius 1 is 1.12 bits per heavy atom. The van der Waals surface area contributed by atoms with E-state index in [-0.39, 0.29) is 23.7 Å². The number of amides is 2. The highest BCUT2D eigenvalue weighted by Gasteiger charge is 2.40. The SMILES string of the molecule is NC[C@H]1CCC[C@H]1C(=O)N1CCCC1C(=O)Nc1cc(Cl)cc(Cl)c1. The van der Waals surface area contributed by atoms with E-state index in [4.69, 9.17) is 28.9 Å². The van der Waals surface area contributed by atoms with E-state index in [1.807, 2.05) is 0 Å². The van der Waals surface area contributed by atoms with Crippen LogP contribution < -0.4 is 11.1 Å². The number of halogens is 2. The quantitative estimate of drug-likeness (QED) is 0.837. The molecule has 2 amide bonds. The molecule has 1 aliphatic heterocycles. The average Bonchev–Trinajstić information content (AvgIpc) is 3.22. The molecule has 0 aromatic heterocycles. The highest BCUT2D eigenvalue weighted by atomic mass is 35.5. The molecule has 1 aromatic carbocycles. The molecular weight excluding hydrogens is 361 g/mol. The Labute approximate surface area is 157 Å². The van der Waals surface area contributed by atoms with Gasteiger partial charge in [0.25, 0.3) is 0 Å². The van der Waals surface area contributed by atoms with Gasteiger partial charge in [-0.3, -0.25) is 9.59 Å². The molecule has 0 spiro atoms. The number of nitrogens with two attached hydrogens (primary N) is 1. The Morgan fingerprint density at radius 2 is 1.84 bits per heavy atom. The Balaban J connectivity index is 1.70. The van der Waals surface area contributed by atoms with Crippen LogP contribution in [0.5, 0.6) is 0 Å². The lowest BCUT2D eigenvalue weighted by molar-refractivity contribution is -0.141. The number of carbonyl (C=O) groups is 2. The zero-order valence-corrected chi connectivity index (χ0v) is 15.5. The first kappa shape index (κ1) is 18.5. The third-order valence-corrected chi connectivity index (χ3v) is 5.68. The summed E-state index contributed by atoms with van der Waals surface area (Å²) in [5.74, 6) is 0.0868. The number of rotatable bonds is 4. The molecule has 2 fully saturated rings. The third-order valence-electron chi connectivity index (χ3n) is 5.25. The molecule has 1 heterocycles. The van der Waals surface area contributed by atoms with E-state index in [0.717, 1.165) is 25.7 Å². The van der Waals surface area contributed by atoms with Crippen LogP contribution in [-0.4, -0.2) is 35.8 Å². The van der Waals surface area contributed by atoms with Crippen LogP contribution >= 0.6 is 23.2 Å². The summed E-state index contributed by atoms with van der Waals surface area (Å²) in [6.45, 7) is 1.16. The molecule has 1 aliphatic carbocycles. The molecule has 25 heavy (non-hydrogen) atoms. The van der Waals surface area contributed by atoms with Gasteiger partial charge < -0.3 is 16.0 Å². The van der Waals surface area contributed by atoms with E-state index in [9.17, 15) is 9.59 Å². The second-order valence-corrected chi connectivity index (χ2v) is 7.74. The van der Waals surface area contributed by atoms with E-state index < -0.39 is 6.04 Å². The summed E-state index contributed by atoms with van der Waals surface area (Å²) in [5.41, 5.74) is 6.35. The molecule has 1 aromatic rings. The molecule has 7 heteroatoms. The molecule has 3 N–H and O–H groups in total. The summed E-state index contributed by atoms with van der Waals surface area (Å²) in [4.78, 5) is 27.4. The Kier molecular flexibility index (Phi) is 5.87. The molecule has 1 unspecified atom stereocenters. The number of hydrogen-bond donors (Lipinski definition) is 2. The van der Waals surface area contributed by atoms with Gasteiger partial charge in [0, 0.05) is 28.2 Å². The second-order valence-electron chi connectivity index (χ2n) is 6.87. The maximum absolute atomic E-state index is 12.9. The summed E-state index contributed by atoms with van der Waals surface area (Å²) in [6.07, 6.45) is 4.41. The highest BCUT2D eigenvalue weighted by Crippen LogP contribution is 2.34. The van der Waals surface area contributed by atoms with Crippen molar-refractivity contribution in [1.82, 2.24) is 4.90 Å². The van der Waals surface area contributed by atoms with Crippen molar-refractivity contribution in [3.05, 3.63) is 28.2 Å². The molecule has 1 saturated carbocycles. The largest absolute Gasteiger partial charge is 0.330 e. The van der Waals surface area contributed by atoms with E-state index in [1.165, 1.54) is 0 Å². The van der Waals surface area contributed by atoms with Crippen molar-refractivity contribution in [3.63, 3.8) is 0 Å². The number of nitrogens with zero attached hydrogens (tertiary/aromatic N) is 1. The minimum atomic E-state index is -0.440. The van der Waals surface area contributed by atoms with E-state index >= 15 is 0 Å². The number of benzene rings is 1. The average molecular weight is 384 g/mol. The lowest BCUT2D eigenvalue weighted by atomic mass is 9.94. The van der Waals surface area contributed by atoms with Crippen molar-refractivity contribution in [2.75, 3.05) is 18.4 Å². The molecule has 3 atom stereocenters. The summed E-state index contributed by atoms with van der Waals surface area (Å²) in [7, 11) is 0. The van der Waals surface area contributed by atoms with Crippen molar-refractivity contribution >= 4 is 40.7 Å². The van der Waals surface area contributed by atoms with Crippen molar-refractivity contribution in [3.8, 4) is 0 Å². The third kappa shape index (κ3) is 4.10. The Hall–Kier alpha value is -1.30. The number of nitrogens with one attached hydrogen (secondary N) is 1. The number of hydrogen-bond acceptors (Lipinski definition) is 3. The van der Waals surface area contributed by atoms with Crippen LogP contribution in [0.15, 0.2) is 18.2 Å². The standard InChI is InChI=1S/C18H23Cl2N3O2/c19-12-7-13(20)9-14(8-12)22-17(24)16-5-2-6-23(16)18(25)15-4-1-3-11(15)10-21/h7-9,11,15-16H,1-6,10,21H2,(H,22,24)/t11-,15-,16?/m1/s1. The summed E-state index contributed by atoms with van der Waals surface area (Å²) >= 11 is 12.0. The zero-order chi connectivity index (χ0) is 18.0. The van der Waals surface area contributed by atoms with Gasteiger partial charge in [-0.2, -0.15) is 0 Å². The smallest absolute Gasteiger partial charge is 0.247 e. The van der Waals surface area contributed by atoms with E-state index in [0.29, 0.717) is 35.2 Å². The van der Waals surface area contributed by atoms with Gasteiger partial charge in [0.15, 0.2) is 0 Å². The lowest BCUT2D eigenvalue weighted by Crippen LogP contribution is -2.46. The Morgan fingerprint density at radius 3 is 2.52 bits per heavy atom. The fraction of sp³-hybridized carbons (Fsp3) is 0.556. The van der Waals surface area contributed by atoms with Gasteiger partial charge in [-0.25, -0.2) is 0 Å². The molecule has 5 nitrogen and oxygen atoms in total. The molecule has 0 bridgehead atoms. The van der Waals surface area contributed by atoms with Gasteiger partial charge in [-0.05, 0) is 56.3 Å². The van der Waals surface area contributed by atoms with Crippen LogP contribution in [0.4, 0.5) is 5.69 Å². The number of carbonyl (C=O) groups excluding carboxylic acids is 2. The molecule has 136 valence electrons. The number of likely N-dealkylation sites (tertiary alicyclic amines) is 1.